The first kappa shape index (κ1) is 12.3. The molecule has 0 radical (unpaired) electrons. The van der Waals surface area contributed by atoms with E-state index in [2.05, 4.69) is 30.5 Å². The van der Waals surface area contributed by atoms with Gasteiger partial charge in [0.25, 0.3) is 0 Å². The molecule has 1 N–H and O–H groups in total. The van der Waals surface area contributed by atoms with Gasteiger partial charge in [0.1, 0.15) is 0 Å². The van der Waals surface area contributed by atoms with Crippen LogP contribution in [0.1, 0.15) is 24.5 Å². The van der Waals surface area contributed by atoms with Crippen LogP contribution in [0.4, 0.5) is 0 Å². The molecule has 1 rings (SSSR count). The predicted molar refractivity (Wildman–Crippen MR) is 67.3 cm³/mol. The molecule has 0 saturated heterocycles. The van der Waals surface area contributed by atoms with Gasteiger partial charge < -0.3 is 5.32 Å². The maximum atomic E-state index is 5.89. The summed E-state index contributed by atoms with van der Waals surface area (Å²) in [4.78, 5) is 0. The molecular formula is C13H18ClN. The van der Waals surface area contributed by atoms with E-state index in [4.69, 9.17) is 11.6 Å². The Labute approximate surface area is 97.1 Å². The molecule has 1 aromatic rings. The van der Waals surface area contributed by atoms with Crippen LogP contribution in [0.15, 0.2) is 30.4 Å². The van der Waals surface area contributed by atoms with Crippen LogP contribution in [0.3, 0.4) is 0 Å². The van der Waals surface area contributed by atoms with Crippen LogP contribution in [-0.4, -0.2) is 6.54 Å². The van der Waals surface area contributed by atoms with Gasteiger partial charge in [-0.3, -0.25) is 0 Å². The fraction of sp³-hybridized carbons (Fsp3) is 0.385. The Balaban J connectivity index is 2.37. The minimum Gasteiger partial charge on any atom is -0.312 e. The topological polar surface area (TPSA) is 12.0 Å². The predicted octanol–water partition coefficient (Wildman–Crippen LogP) is 3.70. The third-order valence-electron chi connectivity index (χ3n) is 2.34. The highest BCUT2D eigenvalue weighted by molar-refractivity contribution is 6.30. The third kappa shape index (κ3) is 4.50. The minimum atomic E-state index is 0.810. The van der Waals surface area contributed by atoms with Crippen molar-refractivity contribution in [2.24, 2.45) is 0 Å². The SMILES string of the molecule is C/C=C/CCNCc1ccc(Cl)cc1C. The molecule has 0 aromatic heterocycles. The molecule has 82 valence electrons. The van der Waals surface area contributed by atoms with Gasteiger partial charge in [-0.15, -0.1) is 0 Å². The van der Waals surface area contributed by atoms with Crippen molar-refractivity contribution in [1.82, 2.24) is 5.32 Å². The molecule has 15 heavy (non-hydrogen) atoms. The average molecular weight is 224 g/mol. The molecule has 0 spiro atoms. The van der Waals surface area contributed by atoms with Gasteiger partial charge in [0.15, 0.2) is 0 Å². The number of nitrogens with one attached hydrogen (secondary N) is 1. The summed E-state index contributed by atoms with van der Waals surface area (Å²) >= 11 is 5.89. The fourth-order valence-electron chi connectivity index (χ4n) is 1.43. The summed E-state index contributed by atoms with van der Waals surface area (Å²) in [7, 11) is 0. The molecule has 0 saturated carbocycles. The van der Waals surface area contributed by atoms with Crippen molar-refractivity contribution in [2.45, 2.75) is 26.8 Å². The summed E-state index contributed by atoms with van der Waals surface area (Å²) < 4.78 is 0. The molecule has 1 aromatic carbocycles. The summed E-state index contributed by atoms with van der Waals surface area (Å²) in [5.74, 6) is 0. The van der Waals surface area contributed by atoms with Gasteiger partial charge >= 0.3 is 0 Å². The highest BCUT2D eigenvalue weighted by atomic mass is 35.5. The van der Waals surface area contributed by atoms with Gasteiger partial charge in [0.2, 0.25) is 0 Å². The Hall–Kier alpha value is -0.790. The van der Waals surface area contributed by atoms with E-state index >= 15 is 0 Å². The quantitative estimate of drug-likeness (QED) is 0.593. The van der Waals surface area contributed by atoms with Crippen LogP contribution in [0, 0.1) is 6.92 Å². The van der Waals surface area contributed by atoms with E-state index in [1.54, 1.807) is 0 Å². The van der Waals surface area contributed by atoms with Crippen molar-refractivity contribution in [1.29, 1.82) is 0 Å². The molecule has 0 aliphatic heterocycles. The second-order valence-corrected chi connectivity index (χ2v) is 4.04. The zero-order valence-electron chi connectivity index (χ0n) is 9.39. The Morgan fingerprint density at radius 2 is 2.20 bits per heavy atom. The van der Waals surface area contributed by atoms with Crippen LogP contribution in [0.25, 0.3) is 0 Å². The molecule has 0 bridgehead atoms. The molecule has 0 aliphatic rings. The van der Waals surface area contributed by atoms with Crippen LogP contribution in [0.2, 0.25) is 5.02 Å². The first-order chi connectivity index (χ1) is 7.24. The van der Waals surface area contributed by atoms with Gasteiger partial charge in [-0.25, -0.2) is 0 Å². The first-order valence-corrected chi connectivity index (χ1v) is 5.68. The molecule has 2 heteroatoms. The molecule has 1 nitrogen and oxygen atoms in total. The lowest BCUT2D eigenvalue weighted by atomic mass is 10.1. The number of aryl methyl sites for hydroxylation is 1. The van der Waals surface area contributed by atoms with Crippen LogP contribution in [-0.2, 0) is 6.54 Å². The van der Waals surface area contributed by atoms with Gasteiger partial charge in [0.05, 0.1) is 0 Å². The lowest BCUT2D eigenvalue weighted by molar-refractivity contribution is 0.692. The largest absolute Gasteiger partial charge is 0.312 e. The van der Waals surface area contributed by atoms with Gasteiger partial charge in [0, 0.05) is 11.6 Å². The molecule has 0 fully saturated rings. The zero-order valence-corrected chi connectivity index (χ0v) is 10.1. The van der Waals surface area contributed by atoms with Gasteiger partial charge in [-0.2, -0.15) is 0 Å². The van der Waals surface area contributed by atoms with Crippen LogP contribution >= 0.6 is 11.6 Å². The van der Waals surface area contributed by atoms with Crippen molar-refractivity contribution in [3.05, 3.63) is 46.5 Å². The van der Waals surface area contributed by atoms with E-state index in [0.29, 0.717) is 0 Å². The van der Waals surface area contributed by atoms with Crippen molar-refractivity contribution >= 4 is 11.6 Å². The van der Waals surface area contributed by atoms with Crippen LogP contribution in [0.5, 0.6) is 0 Å². The number of allylic oxidation sites excluding steroid dienone is 1. The Kier molecular flexibility index (Phi) is 5.44. The normalized spacial score (nSPS) is 11.1. The maximum absolute atomic E-state index is 5.89. The van der Waals surface area contributed by atoms with Gasteiger partial charge in [-0.1, -0.05) is 29.8 Å². The van der Waals surface area contributed by atoms with Crippen LogP contribution < -0.4 is 5.32 Å². The van der Waals surface area contributed by atoms with E-state index in [0.717, 1.165) is 24.5 Å². The minimum absolute atomic E-state index is 0.810. The second-order valence-electron chi connectivity index (χ2n) is 3.61. The summed E-state index contributed by atoms with van der Waals surface area (Å²) in [6.45, 7) is 6.07. The highest BCUT2D eigenvalue weighted by Gasteiger charge is 1.97. The maximum Gasteiger partial charge on any atom is 0.0408 e. The van der Waals surface area contributed by atoms with Crippen molar-refractivity contribution in [3.63, 3.8) is 0 Å². The second kappa shape index (κ2) is 6.65. The third-order valence-corrected chi connectivity index (χ3v) is 2.58. The molecule has 0 aliphatic carbocycles. The number of halogens is 1. The highest BCUT2D eigenvalue weighted by Crippen LogP contribution is 2.14. The molecule has 0 amide bonds. The summed E-state index contributed by atoms with van der Waals surface area (Å²) in [5.41, 5.74) is 2.57. The monoisotopic (exact) mass is 223 g/mol. The van der Waals surface area contributed by atoms with Gasteiger partial charge in [-0.05, 0) is 50.1 Å². The average Bonchev–Trinajstić information content (AvgIpc) is 2.20. The summed E-state index contributed by atoms with van der Waals surface area (Å²) in [6.07, 6.45) is 5.33. The lowest BCUT2D eigenvalue weighted by Gasteiger charge is -2.07. The van der Waals surface area contributed by atoms with E-state index in [-0.39, 0.29) is 0 Å². The molecule has 0 heterocycles. The van der Waals surface area contributed by atoms with Crippen molar-refractivity contribution < 1.29 is 0 Å². The summed E-state index contributed by atoms with van der Waals surface area (Å²) in [5, 5.41) is 4.21. The molecule has 0 unspecified atom stereocenters. The number of benzene rings is 1. The van der Waals surface area contributed by atoms with Crippen molar-refractivity contribution in [3.8, 4) is 0 Å². The lowest BCUT2D eigenvalue weighted by Crippen LogP contribution is -2.14. The molecular weight excluding hydrogens is 206 g/mol. The molecule has 0 atom stereocenters. The van der Waals surface area contributed by atoms with Crippen molar-refractivity contribution in [2.75, 3.05) is 6.54 Å². The van der Waals surface area contributed by atoms with E-state index in [9.17, 15) is 0 Å². The standard InChI is InChI=1S/C13H18ClN/c1-3-4-5-8-15-10-12-6-7-13(14)9-11(12)2/h3-4,6-7,9,15H,5,8,10H2,1-2H3/b4-3+. The Morgan fingerprint density at radius 1 is 1.40 bits per heavy atom. The van der Waals surface area contributed by atoms with E-state index in [1.807, 2.05) is 19.1 Å². The number of rotatable bonds is 5. The zero-order chi connectivity index (χ0) is 11.1. The Bertz CT molecular complexity index is 331. The first-order valence-electron chi connectivity index (χ1n) is 5.31. The van der Waals surface area contributed by atoms with E-state index in [1.165, 1.54) is 11.1 Å². The summed E-state index contributed by atoms with van der Waals surface area (Å²) in [6, 6.07) is 6.03. The number of hydrogen-bond donors (Lipinski definition) is 1. The van der Waals surface area contributed by atoms with E-state index < -0.39 is 0 Å². The fourth-order valence-corrected chi connectivity index (χ4v) is 1.66. The number of hydrogen-bond acceptors (Lipinski definition) is 1. The Morgan fingerprint density at radius 3 is 2.87 bits per heavy atom. The smallest absolute Gasteiger partial charge is 0.0408 e.